The van der Waals surface area contributed by atoms with Crippen LogP contribution >= 0.6 is 0 Å². The van der Waals surface area contributed by atoms with Crippen molar-refractivity contribution in [2.24, 2.45) is 0 Å². The van der Waals surface area contributed by atoms with Crippen LogP contribution in [0, 0.1) is 0 Å². The van der Waals surface area contributed by atoms with E-state index >= 15 is 0 Å². The van der Waals surface area contributed by atoms with Crippen molar-refractivity contribution in [3.8, 4) is 0 Å². The Morgan fingerprint density at radius 2 is 1.93 bits per heavy atom. The molecule has 1 aromatic carbocycles. The van der Waals surface area contributed by atoms with E-state index in [9.17, 15) is 4.79 Å². The number of hydrogen-bond donors (Lipinski definition) is 3. The van der Waals surface area contributed by atoms with Gasteiger partial charge in [0.2, 0.25) is 0 Å². The fourth-order valence-corrected chi connectivity index (χ4v) is 3.40. The van der Waals surface area contributed by atoms with Crippen molar-refractivity contribution in [3.63, 3.8) is 0 Å². The molecular formula is C20H25N7O. The number of fused-ring (bicyclic) bond motifs is 1. The molecule has 1 aliphatic heterocycles. The SMILES string of the molecule is CC(NC(=O)Nc1cc2[nH]nc(N3CCN(C)CC3)c2cn1)c1ccccc1. The standard InChI is InChI=1S/C20H25N7O/c1-14(15-6-4-3-5-7-15)22-20(28)23-18-12-17-16(13-21-18)19(25-24-17)27-10-8-26(2)9-11-27/h3-7,12-14H,8-11H2,1-2H3,(H,24,25)(H2,21,22,23,28). The van der Waals surface area contributed by atoms with Gasteiger partial charge in [0.05, 0.1) is 16.9 Å². The predicted octanol–water partition coefficient (Wildman–Crippen LogP) is 2.59. The number of aromatic amines is 1. The number of benzene rings is 1. The summed E-state index contributed by atoms with van der Waals surface area (Å²) in [6, 6.07) is 11.3. The summed E-state index contributed by atoms with van der Waals surface area (Å²) in [6.45, 7) is 5.86. The van der Waals surface area contributed by atoms with E-state index in [0.29, 0.717) is 5.82 Å². The van der Waals surface area contributed by atoms with Gasteiger partial charge in [0, 0.05) is 38.4 Å². The molecule has 8 heteroatoms. The van der Waals surface area contributed by atoms with E-state index in [0.717, 1.165) is 48.5 Å². The molecule has 0 radical (unpaired) electrons. The van der Waals surface area contributed by atoms with Gasteiger partial charge in [-0.05, 0) is 19.5 Å². The van der Waals surface area contributed by atoms with E-state index in [1.165, 1.54) is 0 Å². The van der Waals surface area contributed by atoms with Crippen molar-refractivity contribution < 1.29 is 4.79 Å². The number of anilines is 2. The number of nitrogens with one attached hydrogen (secondary N) is 3. The summed E-state index contributed by atoms with van der Waals surface area (Å²) in [6.07, 6.45) is 1.77. The van der Waals surface area contributed by atoms with Crippen LogP contribution in [-0.4, -0.2) is 59.3 Å². The molecule has 1 unspecified atom stereocenters. The zero-order valence-corrected chi connectivity index (χ0v) is 16.1. The summed E-state index contributed by atoms with van der Waals surface area (Å²) in [4.78, 5) is 21.3. The Labute approximate surface area is 163 Å². The lowest BCUT2D eigenvalue weighted by Crippen LogP contribution is -2.44. The smallest absolute Gasteiger partial charge is 0.320 e. The van der Waals surface area contributed by atoms with Gasteiger partial charge in [-0.25, -0.2) is 9.78 Å². The number of amides is 2. The minimum Gasteiger partial charge on any atom is -0.352 e. The fraction of sp³-hybridized carbons (Fsp3) is 0.350. The normalized spacial score (nSPS) is 16.1. The Morgan fingerprint density at radius 3 is 2.68 bits per heavy atom. The van der Waals surface area contributed by atoms with Gasteiger partial charge in [0.25, 0.3) is 0 Å². The first kappa shape index (κ1) is 18.2. The van der Waals surface area contributed by atoms with Crippen LogP contribution in [0.15, 0.2) is 42.6 Å². The molecule has 1 fully saturated rings. The Hall–Kier alpha value is -3.13. The van der Waals surface area contributed by atoms with E-state index in [1.54, 1.807) is 6.20 Å². The molecule has 3 N–H and O–H groups in total. The number of carbonyl (C=O) groups is 1. The van der Waals surface area contributed by atoms with Crippen molar-refractivity contribution in [1.82, 2.24) is 25.4 Å². The minimum absolute atomic E-state index is 0.0964. The molecular weight excluding hydrogens is 354 g/mol. The van der Waals surface area contributed by atoms with Gasteiger partial charge in [0.1, 0.15) is 5.82 Å². The molecule has 3 aromatic rings. The molecule has 2 aromatic heterocycles. The first-order valence-corrected chi connectivity index (χ1v) is 9.50. The van der Waals surface area contributed by atoms with Crippen LogP contribution in [0.3, 0.4) is 0 Å². The molecule has 2 amide bonds. The predicted molar refractivity (Wildman–Crippen MR) is 111 cm³/mol. The molecule has 0 saturated carbocycles. The molecule has 8 nitrogen and oxygen atoms in total. The van der Waals surface area contributed by atoms with Crippen LogP contribution in [0.25, 0.3) is 10.9 Å². The number of piperazine rings is 1. The van der Waals surface area contributed by atoms with Crippen LogP contribution in [-0.2, 0) is 0 Å². The lowest BCUT2D eigenvalue weighted by atomic mass is 10.1. The maximum atomic E-state index is 12.3. The summed E-state index contributed by atoms with van der Waals surface area (Å²) >= 11 is 0. The second kappa shape index (κ2) is 7.85. The highest BCUT2D eigenvalue weighted by atomic mass is 16.2. The third kappa shape index (κ3) is 3.91. The molecule has 1 aliphatic rings. The van der Waals surface area contributed by atoms with Crippen LogP contribution < -0.4 is 15.5 Å². The van der Waals surface area contributed by atoms with Crippen LogP contribution in [0.5, 0.6) is 0 Å². The largest absolute Gasteiger partial charge is 0.352 e. The second-order valence-corrected chi connectivity index (χ2v) is 7.18. The third-order valence-electron chi connectivity index (χ3n) is 5.12. The van der Waals surface area contributed by atoms with Crippen molar-refractivity contribution in [2.45, 2.75) is 13.0 Å². The van der Waals surface area contributed by atoms with Gasteiger partial charge in [-0.15, -0.1) is 0 Å². The molecule has 0 spiro atoms. The van der Waals surface area contributed by atoms with Gasteiger partial charge in [-0.3, -0.25) is 10.4 Å². The number of urea groups is 1. The van der Waals surface area contributed by atoms with Crippen LogP contribution in [0.1, 0.15) is 18.5 Å². The summed E-state index contributed by atoms with van der Waals surface area (Å²) in [5.74, 6) is 1.41. The summed E-state index contributed by atoms with van der Waals surface area (Å²) in [7, 11) is 2.13. The highest BCUT2D eigenvalue weighted by Gasteiger charge is 2.19. The third-order valence-corrected chi connectivity index (χ3v) is 5.12. The zero-order chi connectivity index (χ0) is 19.5. The number of pyridine rings is 1. The first-order chi connectivity index (χ1) is 13.6. The van der Waals surface area contributed by atoms with Gasteiger partial charge < -0.3 is 15.1 Å². The quantitative estimate of drug-likeness (QED) is 0.648. The van der Waals surface area contributed by atoms with E-state index in [-0.39, 0.29) is 12.1 Å². The number of aromatic nitrogens is 3. The van der Waals surface area contributed by atoms with Gasteiger partial charge in [-0.1, -0.05) is 30.3 Å². The van der Waals surface area contributed by atoms with Crippen molar-refractivity contribution in [3.05, 3.63) is 48.2 Å². The average Bonchev–Trinajstić information content (AvgIpc) is 3.12. The maximum absolute atomic E-state index is 12.3. The fourth-order valence-electron chi connectivity index (χ4n) is 3.40. The Morgan fingerprint density at radius 1 is 1.18 bits per heavy atom. The van der Waals surface area contributed by atoms with E-state index in [2.05, 4.69) is 42.7 Å². The van der Waals surface area contributed by atoms with E-state index in [4.69, 9.17) is 0 Å². The highest BCUT2D eigenvalue weighted by Crippen LogP contribution is 2.25. The first-order valence-electron chi connectivity index (χ1n) is 9.50. The Kier molecular flexibility index (Phi) is 5.12. The molecule has 4 rings (SSSR count). The van der Waals surface area contributed by atoms with Crippen LogP contribution in [0.4, 0.5) is 16.4 Å². The van der Waals surface area contributed by atoms with E-state index in [1.807, 2.05) is 43.3 Å². The molecule has 146 valence electrons. The second-order valence-electron chi connectivity index (χ2n) is 7.18. The number of H-pyrrole nitrogens is 1. The van der Waals surface area contributed by atoms with Crippen molar-refractivity contribution in [2.75, 3.05) is 43.4 Å². The van der Waals surface area contributed by atoms with Crippen LogP contribution in [0.2, 0.25) is 0 Å². The van der Waals surface area contributed by atoms with Crippen molar-refractivity contribution in [1.29, 1.82) is 0 Å². The number of rotatable bonds is 4. The number of hydrogen-bond acceptors (Lipinski definition) is 5. The van der Waals surface area contributed by atoms with Gasteiger partial charge >= 0.3 is 6.03 Å². The average molecular weight is 379 g/mol. The lowest BCUT2D eigenvalue weighted by Gasteiger charge is -2.32. The minimum atomic E-state index is -0.290. The van der Waals surface area contributed by atoms with Gasteiger partial charge in [0.15, 0.2) is 5.82 Å². The number of nitrogens with zero attached hydrogens (tertiary/aromatic N) is 4. The molecule has 3 heterocycles. The highest BCUT2D eigenvalue weighted by molar-refractivity contribution is 5.94. The van der Waals surface area contributed by atoms with Gasteiger partial charge in [-0.2, -0.15) is 5.10 Å². The number of likely N-dealkylation sites (N-methyl/N-ethyl adjacent to an activating group) is 1. The molecule has 0 aliphatic carbocycles. The summed E-state index contributed by atoms with van der Waals surface area (Å²) in [5, 5.41) is 14.2. The summed E-state index contributed by atoms with van der Waals surface area (Å²) in [5.41, 5.74) is 1.90. The summed E-state index contributed by atoms with van der Waals surface area (Å²) < 4.78 is 0. The van der Waals surface area contributed by atoms with E-state index < -0.39 is 0 Å². The molecule has 28 heavy (non-hydrogen) atoms. The number of carbonyl (C=O) groups excluding carboxylic acids is 1. The monoisotopic (exact) mass is 379 g/mol. The zero-order valence-electron chi connectivity index (χ0n) is 16.1. The van der Waals surface area contributed by atoms with Crippen molar-refractivity contribution >= 4 is 28.6 Å². The Balaban J connectivity index is 1.43. The molecule has 1 atom stereocenters. The maximum Gasteiger partial charge on any atom is 0.320 e. The molecule has 1 saturated heterocycles. The topological polar surface area (TPSA) is 89.2 Å². The lowest BCUT2D eigenvalue weighted by molar-refractivity contribution is 0.249. The molecule has 0 bridgehead atoms. The Bertz CT molecular complexity index is 948.